The molecule has 2 rings (SSSR count). The SMILES string of the molecule is Cc1ccc(CN(C)C(=O)CNC(=O)c2cc(C)cc(C)c2)cc1. The highest BCUT2D eigenvalue weighted by atomic mass is 16.2. The van der Waals surface area contributed by atoms with Gasteiger partial charge in [0.05, 0.1) is 6.54 Å². The first-order valence-corrected chi connectivity index (χ1v) is 8.01. The van der Waals surface area contributed by atoms with E-state index in [2.05, 4.69) is 5.32 Å². The third-order valence-electron chi connectivity index (χ3n) is 3.85. The fourth-order valence-corrected chi connectivity index (χ4v) is 2.55. The monoisotopic (exact) mass is 324 g/mol. The molecule has 0 aliphatic carbocycles. The van der Waals surface area contributed by atoms with Crippen molar-refractivity contribution in [1.82, 2.24) is 10.2 Å². The van der Waals surface area contributed by atoms with Crippen molar-refractivity contribution in [2.24, 2.45) is 0 Å². The lowest BCUT2D eigenvalue weighted by atomic mass is 10.1. The molecule has 0 unspecified atom stereocenters. The van der Waals surface area contributed by atoms with Crippen molar-refractivity contribution in [3.8, 4) is 0 Å². The van der Waals surface area contributed by atoms with Gasteiger partial charge in [-0.1, -0.05) is 47.0 Å². The van der Waals surface area contributed by atoms with Crippen LogP contribution in [0.4, 0.5) is 0 Å². The first-order chi connectivity index (χ1) is 11.3. The Hall–Kier alpha value is -2.62. The lowest BCUT2D eigenvalue weighted by Crippen LogP contribution is -2.37. The average Bonchev–Trinajstić information content (AvgIpc) is 2.53. The van der Waals surface area contributed by atoms with Gasteiger partial charge >= 0.3 is 0 Å². The molecule has 126 valence electrons. The van der Waals surface area contributed by atoms with Gasteiger partial charge in [-0.15, -0.1) is 0 Å². The standard InChI is InChI=1S/C20H24N2O2/c1-14-5-7-17(8-6-14)13-22(4)19(23)12-21-20(24)18-10-15(2)9-16(3)11-18/h5-11H,12-13H2,1-4H3,(H,21,24). The second-order valence-electron chi connectivity index (χ2n) is 6.29. The van der Waals surface area contributed by atoms with Crippen LogP contribution in [0.2, 0.25) is 0 Å². The van der Waals surface area contributed by atoms with Gasteiger partial charge in [-0.2, -0.15) is 0 Å². The molecule has 4 nitrogen and oxygen atoms in total. The molecule has 0 heterocycles. The Morgan fingerprint density at radius 3 is 2.08 bits per heavy atom. The molecule has 2 aromatic rings. The van der Waals surface area contributed by atoms with Crippen LogP contribution in [0.1, 0.15) is 32.6 Å². The van der Waals surface area contributed by atoms with Gasteiger partial charge in [0, 0.05) is 19.2 Å². The lowest BCUT2D eigenvalue weighted by Gasteiger charge is -2.18. The molecule has 2 aromatic carbocycles. The van der Waals surface area contributed by atoms with Crippen molar-refractivity contribution in [1.29, 1.82) is 0 Å². The number of carbonyl (C=O) groups is 2. The van der Waals surface area contributed by atoms with E-state index in [0.717, 1.165) is 16.7 Å². The summed E-state index contributed by atoms with van der Waals surface area (Å²) in [5.41, 5.74) is 4.90. The molecular weight excluding hydrogens is 300 g/mol. The molecule has 0 saturated carbocycles. The molecule has 4 heteroatoms. The Labute approximate surface area is 143 Å². The molecule has 0 fully saturated rings. The third-order valence-corrected chi connectivity index (χ3v) is 3.85. The van der Waals surface area contributed by atoms with Crippen molar-refractivity contribution in [2.75, 3.05) is 13.6 Å². The smallest absolute Gasteiger partial charge is 0.251 e. The van der Waals surface area contributed by atoms with Gasteiger partial charge in [0.2, 0.25) is 5.91 Å². The molecule has 0 saturated heterocycles. The van der Waals surface area contributed by atoms with Gasteiger partial charge in [-0.25, -0.2) is 0 Å². The molecule has 0 atom stereocenters. The highest BCUT2D eigenvalue weighted by Crippen LogP contribution is 2.09. The van der Waals surface area contributed by atoms with Gasteiger partial charge in [0.15, 0.2) is 0 Å². The number of amides is 2. The number of carbonyl (C=O) groups excluding carboxylic acids is 2. The molecule has 1 N–H and O–H groups in total. The summed E-state index contributed by atoms with van der Waals surface area (Å²) >= 11 is 0. The number of hydrogen-bond donors (Lipinski definition) is 1. The van der Waals surface area contributed by atoms with E-state index in [1.807, 2.05) is 63.2 Å². The zero-order valence-corrected chi connectivity index (χ0v) is 14.7. The molecular formula is C20H24N2O2. The van der Waals surface area contributed by atoms with Crippen molar-refractivity contribution in [3.63, 3.8) is 0 Å². The maximum atomic E-state index is 12.2. The Balaban J connectivity index is 1.89. The molecule has 24 heavy (non-hydrogen) atoms. The minimum absolute atomic E-state index is 0.00577. The summed E-state index contributed by atoms with van der Waals surface area (Å²) in [5.74, 6) is -0.341. The maximum Gasteiger partial charge on any atom is 0.251 e. The summed E-state index contributed by atoms with van der Waals surface area (Å²) in [5, 5.41) is 2.70. The Kier molecular flexibility index (Phi) is 5.74. The van der Waals surface area contributed by atoms with Gasteiger partial charge in [-0.3, -0.25) is 9.59 Å². The summed E-state index contributed by atoms with van der Waals surface area (Å²) in [6.07, 6.45) is 0. The van der Waals surface area contributed by atoms with E-state index in [4.69, 9.17) is 0 Å². The van der Waals surface area contributed by atoms with Crippen LogP contribution in [0.25, 0.3) is 0 Å². The number of nitrogens with one attached hydrogen (secondary N) is 1. The van der Waals surface area contributed by atoms with Gasteiger partial charge in [0.25, 0.3) is 5.91 Å². The van der Waals surface area contributed by atoms with Crippen molar-refractivity contribution in [3.05, 3.63) is 70.3 Å². The Morgan fingerprint density at radius 2 is 1.50 bits per heavy atom. The summed E-state index contributed by atoms with van der Waals surface area (Å²) in [7, 11) is 1.74. The summed E-state index contributed by atoms with van der Waals surface area (Å²) < 4.78 is 0. The summed E-state index contributed by atoms with van der Waals surface area (Å²) in [6.45, 7) is 6.45. The molecule has 0 aliphatic heterocycles. The lowest BCUT2D eigenvalue weighted by molar-refractivity contribution is -0.129. The first kappa shape index (κ1) is 17.7. The minimum atomic E-state index is -0.223. The van der Waals surface area contributed by atoms with Crippen LogP contribution < -0.4 is 5.32 Å². The third kappa shape index (κ3) is 4.95. The molecule has 0 aliphatic rings. The van der Waals surface area contributed by atoms with E-state index in [0.29, 0.717) is 12.1 Å². The van der Waals surface area contributed by atoms with Crippen LogP contribution in [0.5, 0.6) is 0 Å². The average molecular weight is 324 g/mol. The molecule has 0 aromatic heterocycles. The number of rotatable bonds is 5. The second kappa shape index (κ2) is 7.77. The van der Waals surface area contributed by atoms with Crippen LogP contribution in [0.3, 0.4) is 0 Å². The van der Waals surface area contributed by atoms with Crippen molar-refractivity contribution < 1.29 is 9.59 Å². The zero-order chi connectivity index (χ0) is 17.7. The fourth-order valence-electron chi connectivity index (χ4n) is 2.55. The zero-order valence-electron chi connectivity index (χ0n) is 14.7. The topological polar surface area (TPSA) is 49.4 Å². The van der Waals surface area contributed by atoms with E-state index in [-0.39, 0.29) is 18.4 Å². The van der Waals surface area contributed by atoms with E-state index in [1.165, 1.54) is 5.56 Å². The normalized spacial score (nSPS) is 10.3. The predicted octanol–water partition coefficient (Wildman–Crippen LogP) is 3.00. The number of aryl methyl sites for hydroxylation is 3. The van der Waals surface area contributed by atoms with E-state index in [1.54, 1.807) is 11.9 Å². The quantitative estimate of drug-likeness (QED) is 0.919. The fraction of sp³-hybridized carbons (Fsp3) is 0.300. The number of benzene rings is 2. The summed E-state index contributed by atoms with van der Waals surface area (Å²) in [6, 6.07) is 13.7. The molecule has 2 amide bonds. The Morgan fingerprint density at radius 1 is 0.917 bits per heavy atom. The first-order valence-electron chi connectivity index (χ1n) is 8.01. The largest absolute Gasteiger partial charge is 0.343 e. The molecule has 0 radical (unpaired) electrons. The number of nitrogens with zero attached hydrogens (tertiary/aromatic N) is 1. The highest BCUT2D eigenvalue weighted by Gasteiger charge is 2.12. The van der Waals surface area contributed by atoms with Crippen LogP contribution in [0, 0.1) is 20.8 Å². The second-order valence-corrected chi connectivity index (χ2v) is 6.29. The van der Waals surface area contributed by atoms with Gasteiger partial charge in [-0.05, 0) is 38.5 Å². The number of likely N-dealkylation sites (N-methyl/N-ethyl adjacent to an activating group) is 1. The van der Waals surface area contributed by atoms with E-state index in [9.17, 15) is 9.59 Å². The van der Waals surface area contributed by atoms with Crippen LogP contribution in [-0.2, 0) is 11.3 Å². The molecule has 0 bridgehead atoms. The Bertz CT molecular complexity index is 716. The van der Waals surface area contributed by atoms with E-state index >= 15 is 0 Å². The van der Waals surface area contributed by atoms with Crippen LogP contribution in [-0.4, -0.2) is 30.3 Å². The van der Waals surface area contributed by atoms with Crippen molar-refractivity contribution >= 4 is 11.8 Å². The minimum Gasteiger partial charge on any atom is -0.343 e. The summed E-state index contributed by atoms with van der Waals surface area (Å²) in [4.78, 5) is 26.0. The van der Waals surface area contributed by atoms with Gasteiger partial charge in [0.1, 0.15) is 0 Å². The van der Waals surface area contributed by atoms with E-state index < -0.39 is 0 Å². The van der Waals surface area contributed by atoms with Crippen LogP contribution in [0.15, 0.2) is 42.5 Å². The van der Waals surface area contributed by atoms with Gasteiger partial charge < -0.3 is 10.2 Å². The maximum absolute atomic E-state index is 12.2. The van der Waals surface area contributed by atoms with Crippen molar-refractivity contribution in [2.45, 2.75) is 27.3 Å². The molecule has 0 spiro atoms. The number of hydrogen-bond acceptors (Lipinski definition) is 2. The highest BCUT2D eigenvalue weighted by molar-refractivity contribution is 5.96. The van der Waals surface area contributed by atoms with Crippen LogP contribution >= 0.6 is 0 Å². The predicted molar refractivity (Wildman–Crippen MR) is 95.9 cm³/mol.